The third kappa shape index (κ3) is 9.79. The quantitative estimate of drug-likeness (QED) is 0.143. The van der Waals surface area contributed by atoms with Crippen LogP contribution in [-0.2, 0) is 39.9 Å². The Morgan fingerprint density at radius 3 is 2.39 bits per heavy atom. The Morgan fingerprint density at radius 2 is 1.72 bits per heavy atom. The number of aliphatic hydroxyl groups excluding tert-OH is 1. The fourth-order valence-corrected chi connectivity index (χ4v) is 9.53. The van der Waals surface area contributed by atoms with Gasteiger partial charge in [0.2, 0.25) is 0 Å². The zero-order valence-corrected chi connectivity index (χ0v) is 35.6. The van der Waals surface area contributed by atoms with Crippen molar-refractivity contribution in [1.82, 2.24) is 19.4 Å². The Bertz CT molecular complexity index is 1680. The van der Waals surface area contributed by atoms with Gasteiger partial charge in [0.25, 0.3) is 0 Å². The number of esters is 1. The Labute approximate surface area is 338 Å². The summed E-state index contributed by atoms with van der Waals surface area (Å²) in [5, 5.41) is 11.4. The minimum absolute atomic E-state index is 0.0603. The number of hydrogen-bond donors (Lipinski definition) is 1. The molecule has 0 aromatic carbocycles. The monoisotopic (exact) mass is 794 g/mol. The minimum atomic E-state index is -1.35. The van der Waals surface area contributed by atoms with E-state index in [9.17, 15) is 24.3 Å². The molecule has 5 rings (SSSR count). The molecule has 0 spiro atoms. The summed E-state index contributed by atoms with van der Waals surface area (Å²) in [6.45, 7) is 19.7. The lowest BCUT2D eigenvalue weighted by Gasteiger charge is -2.43. The molecule has 5 heterocycles. The molecule has 3 fully saturated rings. The zero-order chi connectivity index (χ0) is 41.8. The number of fused-ring (bicyclic) bond motifs is 1. The van der Waals surface area contributed by atoms with E-state index >= 15 is 0 Å². The van der Waals surface area contributed by atoms with Gasteiger partial charge >= 0.3 is 12.1 Å². The van der Waals surface area contributed by atoms with Gasteiger partial charge in [0.1, 0.15) is 23.9 Å². The highest BCUT2D eigenvalue weighted by molar-refractivity contribution is 6.00. The molecule has 0 aliphatic carbocycles. The molecule has 0 saturated carbocycles. The molecule has 3 saturated heterocycles. The molecule has 316 valence electrons. The predicted molar refractivity (Wildman–Crippen MR) is 213 cm³/mol. The number of hydrogen-bond acceptors (Lipinski definition) is 11. The Morgan fingerprint density at radius 1 is 1.00 bits per heavy atom. The van der Waals surface area contributed by atoms with E-state index in [2.05, 4.69) is 23.8 Å². The highest BCUT2D eigenvalue weighted by Gasteiger charge is 2.60. The molecule has 2 aromatic rings. The van der Waals surface area contributed by atoms with Crippen LogP contribution in [0.3, 0.4) is 0 Å². The number of imidazole rings is 1. The fourth-order valence-electron chi connectivity index (χ4n) is 9.53. The van der Waals surface area contributed by atoms with Crippen molar-refractivity contribution in [3.8, 4) is 11.3 Å². The van der Waals surface area contributed by atoms with Gasteiger partial charge in [-0.2, -0.15) is 0 Å². The molecular weight excluding hydrogens is 729 g/mol. The van der Waals surface area contributed by atoms with Crippen molar-refractivity contribution < 1.29 is 43.2 Å². The number of unbranched alkanes of at least 4 members (excludes halogenated alkanes) is 1. The second kappa shape index (κ2) is 18.9. The van der Waals surface area contributed by atoms with E-state index in [0.717, 1.165) is 17.7 Å². The Balaban J connectivity index is 1.40. The fraction of sp³-hybridized carbons (Fsp3) is 0.727. The number of Topliss-reactive ketones (excluding diaryl/α,β-unsaturated/α-hetero) is 2. The van der Waals surface area contributed by atoms with Gasteiger partial charge in [-0.1, -0.05) is 54.9 Å². The van der Waals surface area contributed by atoms with Gasteiger partial charge in [-0.25, -0.2) is 9.78 Å². The summed E-state index contributed by atoms with van der Waals surface area (Å²) < 4.78 is 27.1. The van der Waals surface area contributed by atoms with Gasteiger partial charge in [-0.3, -0.25) is 19.4 Å². The topological polar surface area (TPSA) is 159 Å². The van der Waals surface area contributed by atoms with E-state index in [1.165, 1.54) is 0 Å². The summed E-state index contributed by atoms with van der Waals surface area (Å²) in [4.78, 5) is 66.9. The van der Waals surface area contributed by atoms with Gasteiger partial charge < -0.3 is 33.5 Å². The first-order valence-corrected chi connectivity index (χ1v) is 21.2. The number of ketones is 2. The first-order chi connectivity index (χ1) is 27.0. The van der Waals surface area contributed by atoms with E-state index in [0.29, 0.717) is 45.2 Å². The first kappa shape index (κ1) is 44.4. The number of aliphatic hydroxyl groups is 1. The zero-order valence-electron chi connectivity index (χ0n) is 35.6. The lowest BCUT2D eigenvalue weighted by molar-refractivity contribution is -0.282. The SMILES string of the molecule is CCCC1OC(=O)[C@H](C)C(=O)[C@H](C)C(O[C@@H]2O[C@H](C)C[C@H](C(C)C)[C@H]2O)[C@@H](C)C[C@@H](C)C(=O)[C@@H](C)[C@@H]2N(CCCCn3cnc(-c4cccnc4)c3)C(=O)O[C@]12C. The number of aromatic nitrogens is 3. The highest BCUT2D eigenvalue weighted by Crippen LogP contribution is 2.43. The third-order valence-electron chi connectivity index (χ3n) is 12.8. The normalized spacial score (nSPS) is 35.8. The smallest absolute Gasteiger partial charge is 0.410 e. The van der Waals surface area contributed by atoms with Crippen LogP contribution in [0.25, 0.3) is 11.3 Å². The lowest BCUT2D eigenvalue weighted by Crippen LogP contribution is -2.58. The molecule has 57 heavy (non-hydrogen) atoms. The molecule has 13 nitrogen and oxygen atoms in total. The van der Waals surface area contributed by atoms with Crippen LogP contribution in [0.1, 0.15) is 108 Å². The Hall–Kier alpha value is -3.68. The standard InChI is InChI=1S/C44H66N4O9/c1-11-15-35-44(10)40(48(43(53)57-44)19-13-12-18-47-23-34(46-24-47)32-16-14-17-45-22-32)30(8)36(49)26(4)20-27(5)39(29(7)37(50)31(9)41(52)55-35)56-42-38(51)33(25(2)3)21-28(6)54-42/h14,16-17,22-31,33,35,38-40,42,51H,11-13,15,18-21H2,1-10H3/t26-,27+,28-,29+,30-,31-,33-,35?,38-,39?,40+,42+,44-/m1/s1. The highest BCUT2D eigenvalue weighted by atomic mass is 16.7. The number of pyridine rings is 1. The van der Waals surface area contributed by atoms with E-state index in [4.69, 9.17) is 18.9 Å². The number of carbonyl (C=O) groups excluding carboxylic acids is 4. The molecule has 0 radical (unpaired) electrons. The molecule has 3 aliphatic heterocycles. The number of cyclic esters (lactones) is 1. The summed E-state index contributed by atoms with van der Waals surface area (Å²) in [5.41, 5.74) is 0.400. The molecule has 0 bridgehead atoms. The van der Waals surface area contributed by atoms with Gasteiger partial charge in [-0.05, 0) is 82.8 Å². The number of rotatable bonds is 11. The third-order valence-corrected chi connectivity index (χ3v) is 12.8. The molecular formula is C44H66N4O9. The maximum absolute atomic E-state index is 14.6. The summed E-state index contributed by atoms with van der Waals surface area (Å²) in [5.74, 6) is -4.45. The van der Waals surface area contributed by atoms with Crippen LogP contribution in [0.15, 0.2) is 37.1 Å². The number of nitrogens with zero attached hydrogens (tertiary/aromatic N) is 4. The largest absolute Gasteiger partial charge is 0.457 e. The molecule has 3 aliphatic rings. The molecule has 1 amide bonds. The van der Waals surface area contributed by atoms with Crippen LogP contribution in [0.5, 0.6) is 0 Å². The second-order valence-electron chi connectivity index (χ2n) is 17.6. The molecule has 2 aromatic heterocycles. The van der Waals surface area contributed by atoms with Gasteiger partial charge in [0, 0.05) is 55.0 Å². The minimum Gasteiger partial charge on any atom is -0.457 e. The summed E-state index contributed by atoms with van der Waals surface area (Å²) in [6, 6.07) is 3.10. The van der Waals surface area contributed by atoms with Gasteiger partial charge in [0.15, 0.2) is 17.7 Å². The predicted octanol–water partition coefficient (Wildman–Crippen LogP) is 6.89. The number of amides is 1. The van der Waals surface area contributed by atoms with E-state index in [1.807, 2.05) is 57.5 Å². The van der Waals surface area contributed by atoms with Crippen LogP contribution < -0.4 is 0 Å². The van der Waals surface area contributed by atoms with Crippen molar-refractivity contribution in [3.63, 3.8) is 0 Å². The van der Waals surface area contributed by atoms with Crippen LogP contribution in [-0.4, -0.2) is 97.1 Å². The molecule has 1 N–H and O–H groups in total. The number of ether oxygens (including phenoxy) is 4. The van der Waals surface area contributed by atoms with Gasteiger partial charge in [0.05, 0.1) is 30.3 Å². The maximum Gasteiger partial charge on any atom is 0.410 e. The molecule has 2 unspecified atom stereocenters. The average molecular weight is 795 g/mol. The number of carbonyl (C=O) groups is 4. The summed E-state index contributed by atoms with van der Waals surface area (Å²) in [6.07, 6.45) is 6.34. The van der Waals surface area contributed by atoms with Crippen molar-refractivity contribution in [2.24, 2.45) is 41.4 Å². The average Bonchev–Trinajstić information content (AvgIpc) is 3.76. The van der Waals surface area contributed by atoms with E-state index in [1.54, 1.807) is 44.4 Å². The number of aryl methyl sites for hydroxylation is 1. The lowest BCUT2D eigenvalue weighted by atomic mass is 9.74. The van der Waals surface area contributed by atoms with E-state index in [-0.39, 0.29) is 35.4 Å². The van der Waals surface area contributed by atoms with Crippen LogP contribution in [0, 0.1) is 41.4 Å². The van der Waals surface area contributed by atoms with Crippen molar-refractivity contribution in [2.45, 2.75) is 157 Å². The first-order valence-electron chi connectivity index (χ1n) is 21.2. The van der Waals surface area contributed by atoms with Crippen LogP contribution >= 0.6 is 0 Å². The van der Waals surface area contributed by atoms with Crippen molar-refractivity contribution in [2.75, 3.05) is 6.54 Å². The molecule has 13 atom stereocenters. The van der Waals surface area contributed by atoms with Crippen LogP contribution in [0.4, 0.5) is 4.79 Å². The summed E-state index contributed by atoms with van der Waals surface area (Å²) in [7, 11) is 0. The van der Waals surface area contributed by atoms with Crippen molar-refractivity contribution >= 4 is 23.6 Å². The van der Waals surface area contributed by atoms with Crippen molar-refractivity contribution in [3.05, 3.63) is 37.1 Å². The molecule has 13 heteroatoms. The van der Waals surface area contributed by atoms with Crippen LogP contribution in [0.2, 0.25) is 0 Å². The van der Waals surface area contributed by atoms with E-state index < -0.39 is 72.0 Å². The van der Waals surface area contributed by atoms with Crippen molar-refractivity contribution in [1.29, 1.82) is 0 Å². The second-order valence-corrected chi connectivity index (χ2v) is 17.6. The maximum atomic E-state index is 14.6. The Kier molecular flexibility index (Phi) is 14.8. The van der Waals surface area contributed by atoms with Gasteiger partial charge in [-0.15, -0.1) is 0 Å². The summed E-state index contributed by atoms with van der Waals surface area (Å²) >= 11 is 0.